The zero-order chi connectivity index (χ0) is 13.7. The van der Waals surface area contributed by atoms with Crippen molar-refractivity contribution in [1.82, 2.24) is 13.7 Å². The fourth-order valence-electron chi connectivity index (χ4n) is 1.36. The lowest BCUT2D eigenvalue weighted by atomic mass is 10.5. The summed E-state index contributed by atoms with van der Waals surface area (Å²) in [5.74, 6) is 6.46. The SMILES string of the molecule is C#CCn1c(=O)n(CC#C)c(=O)n(CC#C)c1=O. The van der Waals surface area contributed by atoms with Gasteiger partial charge in [0, 0.05) is 0 Å². The van der Waals surface area contributed by atoms with Crippen molar-refractivity contribution in [2.45, 2.75) is 19.6 Å². The Balaban J connectivity index is 3.80. The number of terminal acetylenes is 3. The van der Waals surface area contributed by atoms with Crippen molar-refractivity contribution in [2.75, 3.05) is 0 Å². The van der Waals surface area contributed by atoms with Crippen LogP contribution < -0.4 is 17.1 Å². The number of aromatic nitrogens is 3. The number of rotatable bonds is 3. The second-order valence-electron chi connectivity index (χ2n) is 3.22. The van der Waals surface area contributed by atoms with Crippen LogP contribution in [0.25, 0.3) is 0 Å². The highest BCUT2D eigenvalue weighted by molar-refractivity contribution is 4.94. The van der Waals surface area contributed by atoms with E-state index in [1.165, 1.54) is 0 Å². The van der Waals surface area contributed by atoms with Crippen LogP contribution in [0.2, 0.25) is 0 Å². The molecule has 90 valence electrons. The summed E-state index contributed by atoms with van der Waals surface area (Å²) in [7, 11) is 0. The Hall–Kier alpha value is -2.91. The number of hydrogen-bond donors (Lipinski definition) is 0. The van der Waals surface area contributed by atoms with E-state index in [0.29, 0.717) is 0 Å². The molecule has 18 heavy (non-hydrogen) atoms. The summed E-state index contributed by atoms with van der Waals surface area (Å²) in [5, 5.41) is 0. The first kappa shape index (κ1) is 13.2. The van der Waals surface area contributed by atoms with Crippen LogP contribution in [0, 0.1) is 37.0 Å². The molecule has 6 nitrogen and oxygen atoms in total. The maximum Gasteiger partial charge on any atom is 0.338 e. The third-order valence-corrected chi connectivity index (χ3v) is 2.13. The molecule has 0 aliphatic rings. The Morgan fingerprint density at radius 2 is 0.889 bits per heavy atom. The summed E-state index contributed by atoms with van der Waals surface area (Å²) in [6, 6.07) is 0. The molecular formula is C12H9N3O3. The molecule has 0 saturated heterocycles. The summed E-state index contributed by atoms with van der Waals surface area (Å²) in [4.78, 5) is 35.5. The van der Waals surface area contributed by atoms with E-state index in [9.17, 15) is 14.4 Å². The minimum atomic E-state index is -0.839. The van der Waals surface area contributed by atoms with E-state index >= 15 is 0 Å². The molecule has 0 spiro atoms. The molecule has 0 radical (unpaired) electrons. The van der Waals surface area contributed by atoms with Gasteiger partial charge in [0.05, 0.1) is 19.6 Å². The van der Waals surface area contributed by atoms with Gasteiger partial charge in [-0.15, -0.1) is 19.3 Å². The smallest absolute Gasteiger partial charge is 0.247 e. The molecule has 0 aliphatic carbocycles. The fraction of sp³-hybridized carbons (Fsp3) is 0.250. The zero-order valence-corrected chi connectivity index (χ0v) is 9.42. The molecule has 6 heteroatoms. The van der Waals surface area contributed by atoms with Crippen molar-refractivity contribution in [3.8, 4) is 37.0 Å². The maximum atomic E-state index is 11.8. The van der Waals surface area contributed by atoms with Gasteiger partial charge in [0.2, 0.25) is 0 Å². The van der Waals surface area contributed by atoms with Crippen molar-refractivity contribution >= 4 is 0 Å². The van der Waals surface area contributed by atoms with E-state index in [1.54, 1.807) is 0 Å². The van der Waals surface area contributed by atoms with E-state index < -0.39 is 17.1 Å². The summed E-state index contributed by atoms with van der Waals surface area (Å²) in [6.45, 7) is -0.771. The molecule has 0 saturated carbocycles. The molecule has 0 N–H and O–H groups in total. The predicted molar refractivity (Wildman–Crippen MR) is 65.7 cm³/mol. The summed E-state index contributed by atoms with van der Waals surface area (Å²) >= 11 is 0. The number of hydrogen-bond acceptors (Lipinski definition) is 3. The van der Waals surface area contributed by atoms with Gasteiger partial charge in [-0.1, -0.05) is 17.8 Å². The molecule has 0 fully saturated rings. The first-order valence-corrected chi connectivity index (χ1v) is 4.83. The van der Waals surface area contributed by atoms with Gasteiger partial charge in [0.1, 0.15) is 0 Å². The summed E-state index contributed by atoms with van der Waals surface area (Å²) in [6.07, 6.45) is 15.2. The van der Waals surface area contributed by atoms with Gasteiger partial charge < -0.3 is 0 Å². The van der Waals surface area contributed by atoms with Crippen LogP contribution in [0.15, 0.2) is 14.4 Å². The Morgan fingerprint density at radius 3 is 1.06 bits per heavy atom. The average molecular weight is 243 g/mol. The van der Waals surface area contributed by atoms with E-state index in [0.717, 1.165) is 13.7 Å². The number of nitrogens with zero attached hydrogens (tertiary/aromatic N) is 3. The quantitative estimate of drug-likeness (QED) is 0.581. The van der Waals surface area contributed by atoms with Crippen molar-refractivity contribution < 1.29 is 0 Å². The lowest BCUT2D eigenvalue weighted by molar-refractivity contribution is 0.511. The Labute approximate surface area is 102 Å². The van der Waals surface area contributed by atoms with Crippen molar-refractivity contribution in [2.24, 2.45) is 0 Å². The van der Waals surface area contributed by atoms with Crippen LogP contribution in [0.3, 0.4) is 0 Å². The van der Waals surface area contributed by atoms with Crippen molar-refractivity contribution in [3.63, 3.8) is 0 Å². The highest BCUT2D eigenvalue weighted by Crippen LogP contribution is 1.75. The van der Waals surface area contributed by atoms with Gasteiger partial charge in [-0.05, 0) is 0 Å². The van der Waals surface area contributed by atoms with Crippen LogP contribution >= 0.6 is 0 Å². The normalized spacial score (nSPS) is 9.17. The highest BCUT2D eigenvalue weighted by atomic mass is 16.2. The molecule has 0 atom stereocenters. The van der Waals surface area contributed by atoms with Gasteiger partial charge in [0.15, 0.2) is 0 Å². The Bertz CT molecular complexity index is 622. The van der Waals surface area contributed by atoms with Gasteiger partial charge in [-0.25, -0.2) is 28.1 Å². The van der Waals surface area contributed by atoms with E-state index in [-0.39, 0.29) is 19.6 Å². The van der Waals surface area contributed by atoms with Crippen molar-refractivity contribution in [1.29, 1.82) is 0 Å². The first-order valence-electron chi connectivity index (χ1n) is 4.83. The van der Waals surface area contributed by atoms with Gasteiger partial charge >= 0.3 is 17.1 Å². The second-order valence-corrected chi connectivity index (χ2v) is 3.22. The van der Waals surface area contributed by atoms with E-state index in [2.05, 4.69) is 17.8 Å². The minimum Gasteiger partial charge on any atom is -0.247 e. The monoisotopic (exact) mass is 243 g/mol. The summed E-state index contributed by atoms with van der Waals surface area (Å²) < 4.78 is 2.20. The second kappa shape index (κ2) is 5.43. The third-order valence-electron chi connectivity index (χ3n) is 2.13. The van der Waals surface area contributed by atoms with Crippen LogP contribution in [0.1, 0.15) is 0 Å². The Morgan fingerprint density at radius 1 is 0.667 bits per heavy atom. The highest BCUT2D eigenvalue weighted by Gasteiger charge is 2.13. The molecule has 1 aromatic rings. The third kappa shape index (κ3) is 2.11. The molecule has 0 aliphatic heterocycles. The van der Waals surface area contributed by atoms with Crippen LogP contribution in [0.5, 0.6) is 0 Å². The standard InChI is InChI=1S/C12H9N3O3/c1-4-7-13-10(16)14(8-5-2)12(18)15(9-6-3)11(13)17/h1-3H,7-9H2. The summed E-state index contributed by atoms with van der Waals surface area (Å²) in [5.41, 5.74) is -2.52. The van der Waals surface area contributed by atoms with E-state index in [4.69, 9.17) is 19.3 Å². The average Bonchev–Trinajstić information content (AvgIpc) is 2.35. The molecule has 0 bridgehead atoms. The van der Waals surface area contributed by atoms with Gasteiger partial charge in [0.25, 0.3) is 0 Å². The van der Waals surface area contributed by atoms with Crippen LogP contribution in [-0.2, 0) is 19.6 Å². The maximum absolute atomic E-state index is 11.8. The topological polar surface area (TPSA) is 66.0 Å². The fourth-order valence-corrected chi connectivity index (χ4v) is 1.36. The molecule has 1 heterocycles. The molecule has 0 amide bonds. The molecule has 1 rings (SSSR count). The first-order chi connectivity index (χ1) is 8.58. The van der Waals surface area contributed by atoms with E-state index in [1.807, 2.05) is 0 Å². The zero-order valence-electron chi connectivity index (χ0n) is 9.42. The molecule has 0 aromatic carbocycles. The lowest BCUT2D eigenvalue weighted by Crippen LogP contribution is -2.54. The predicted octanol–water partition coefficient (Wildman–Crippen LogP) is -1.93. The van der Waals surface area contributed by atoms with Crippen LogP contribution in [0.4, 0.5) is 0 Å². The van der Waals surface area contributed by atoms with Gasteiger partial charge in [-0.2, -0.15) is 0 Å². The Kier molecular flexibility index (Phi) is 3.97. The lowest BCUT2D eigenvalue weighted by Gasteiger charge is -2.08. The largest absolute Gasteiger partial charge is 0.338 e. The van der Waals surface area contributed by atoms with Crippen molar-refractivity contribution in [3.05, 3.63) is 31.5 Å². The molecular weight excluding hydrogens is 234 g/mol. The van der Waals surface area contributed by atoms with Gasteiger partial charge in [-0.3, -0.25) is 0 Å². The minimum absolute atomic E-state index is 0.257. The molecule has 1 aromatic heterocycles. The van der Waals surface area contributed by atoms with Crippen LogP contribution in [-0.4, -0.2) is 13.7 Å². The molecule has 0 unspecified atom stereocenters.